The molecule has 0 saturated carbocycles. The summed E-state index contributed by atoms with van der Waals surface area (Å²) >= 11 is 6.08. The van der Waals surface area contributed by atoms with Crippen molar-refractivity contribution >= 4 is 34.0 Å². The number of carbonyl (C=O) groups is 1. The Balaban J connectivity index is 1.89. The Morgan fingerprint density at radius 1 is 1.17 bits per heavy atom. The molecule has 5 heteroatoms. The summed E-state index contributed by atoms with van der Waals surface area (Å²) in [5.74, 6) is -0.271. The van der Waals surface area contributed by atoms with Crippen molar-refractivity contribution in [1.29, 1.82) is 0 Å². The van der Waals surface area contributed by atoms with Crippen LogP contribution in [0.3, 0.4) is 0 Å². The van der Waals surface area contributed by atoms with Gasteiger partial charge in [-0.25, -0.2) is 0 Å². The smallest absolute Gasteiger partial charge is 0.259 e. The van der Waals surface area contributed by atoms with Crippen LogP contribution in [0.15, 0.2) is 59.5 Å². The molecule has 24 heavy (non-hydrogen) atoms. The van der Waals surface area contributed by atoms with Gasteiger partial charge in [-0.15, -0.1) is 0 Å². The predicted octanol–water partition coefficient (Wildman–Crippen LogP) is 4.16. The van der Waals surface area contributed by atoms with Gasteiger partial charge in [0.1, 0.15) is 6.04 Å². The molecule has 3 rings (SSSR count). The van der Waals surface area contributed by atoms with Gasteiger partial charge >= 0.3 is 0 Å². The molecule has 0 aliphatic rings. The van der Waals surface area contributed by atoms with Crippen LogP contribution in [0, 0.1) is 6.92 Å². The lowest BCUT2D eigenvalue weighted by Crippen LogP contribution is -2.31. The number of aromatic nitrogens is 1. The van der Waals surface area contributed by atoms with Crippen LogP contribution in [0.5, 0.6) is 0 Å². The summed E-state index contributed by atoms with van der Waals surface area (Å²) in [7, 11) is 0. The highest BCUT2D eigenvalue weighted by atomic mass is 35.5. The maximum absolute atomic E-state index is 12.6. The Morgan fingerprint density at radius 2 is 1.92 bits per heavy atom. The lowest BCUT2D eigenvalue weighted by Gasteiger charge is -2.16. The van der Waals surface area contributed by atoms with Gasteiger partial charge in [0, 0.05) is 22.3 Å². The van der Waals surface area contributed by atoms with Crippen LogP contribution in [0.2, 0.25) is 5.02 Å². The normalized spacial score (nSPS) is 12.1. The first-order valence-electron chi connectivity index (χ1n) is 7.64. The van der Waals surface area contributed by atoms with E-state index in [1.165, 1.54) is 4.57 Å². The van der Waals surface area contributed by atoms with Crippen LogP contribution in [-0.2, 0) is 4.79 Å². The van der Waals surface area contributed by atoms with E-state index in [4.69, 9.17) is 11.6 Å². The van der Waals surface area contributed by atoms with Crippen LogP contribution >= 0.6 is 11.6 Å². The first-order chi connectivity index (χ1) is 11.5. The van der Waals surface area contributed by atoms with Crippen molar-refractivity contribution in [2.75, 3.05) is 5.32 Å². The van der Waals surface area contributed by atoms with Crippen molar-refractivity contribution in [2.45, 2.75) is 19.9 Å². The fourth-order valence-electron chi connectivity index (χ4n) is 2.55. The van der Waals surface area contributed by atoms with Crippen molar-refractivity contribution in [3.05, 3.63) is 75.7 Å². The Hall–Kier alpha value is -2.59. The summed E-state index contributed by atoms with van der Waals surface area (Å²) in [4.78, 5) is 25.1. The van der Waals surface area contributed by atoms with Crippen LogP contribution in [0.1, 0.15) is 18.5 Å². The molecule has 4 nitrogen and oxygen atoms in total. The van der Waals surface area contributed by atoms with E-state index in [9.17, 15) is 9.59 Å². The molecule has 1 amide bonds. The van der Waals surface area contributed by atoms with Crippen LogP contribution in [-0.4, -0.2) is 10.5 Å². The lowest BCUT2D eigenvalue weighted by atomic mass is 10.1. The number of hydrogen-bond acceptors (Lipinski definition) is 2. The summed E-state index contributed by atoms with van der Waals surface area (Å²) in [6.07, 6.45) is 1.65. The lowest BCUT2D eigenvalue weighted by molar-refractivity contribution is -0.118. The number of anilines is 1. The zero-order valence-corrected chi connectivity index (χ0v) is 14.2. The maximum atomic E-state index is 12.6. The second kappa shape index (κ2) is 6.49. The molecule has 0 bridgehead atoms. The van der Waals surface area contributed by atoms with Crippen LogP contribution in [0.4, 0.5) is 5.69 Å². The molecule has 1 aromatic heterocycles. The molecule has 0 radical (unpaired) electrons. The summed E-state index contributed by atoms with van der Waals surface area (Å²) < 4.78 is 1.44. The van der Waals surface area contributed by atoms with E-state index in [0.29, 0.717) is 16.1 Å². The number of halogens is 1. The summed E-state index contributed by atoms with van der Waals surface area (Å²) in [6.45, 7) is 3.59. The standard InChI is InChI=1S/C19H17ClN2O2/c1-12-7-8-15(11-17(12)20)21-18(23)13(2)22-10-9-14-5-3-4-6-16(14)19(22)24/h3-11,13H,1-2H3,(H,21,23). The molecule has 0 saturated heterocycles. The Bertz CT molecular complexity index is 979. The third kappa shape index (κ3) is 3.05. The Morgan fingerprint density at radius 3 is 2.67 bits per heavy atom. The van der Waals surface area contributed by atoms with Gasteiger partial charge in [-0.1, -0.05) is 35.9 Å². The SMILES string of the molecule is Cc1ccc(NC(=O)C(C)n2ccc3ccccc3c2=O)cc1Cl. The fraction of sp³-hybridized carbons (Fsp3) is 0.158. The minimum absolute atomic E-state index is 0.183. The highest BCUT2D eigenvalue weighted by molar-refractivity contribution is 6.31. The summed E-state index contributed by atoms with van der Waals surface area (Å²) in [5, 5.41) is 4.84. The van der Waals surface area contributed by atoms with Crippen molar-refractivity contribution < 1.29 is 4.79 Å². The average molecular weight is 341 g/mol. The quantitative estimate of drug-likeness (QED) is 0.778. The zero-order valence-electron chi connectivity index (χ0n) is 13.4. The molecule has 122 valence electrons. The fourth-order valence-corrected chi connectivity index (χ4v) is 2.73. The summed E-state index contributed by atoms with van der Waals surface area (Å²) in [5.41, 5.74) is 1.36. The van der Waals surface area contributed by atoms with E-state index in [0.717, 1.165) is 10.9 Å². The zero-order chi connectivity index (χ0) is 17.3. The highest BCUT2D eigenvalue weighted by Gasteiger charge is 2.17. The van der Waals surface area contributed by atoms with Crippen molar-refractivity contribution in [1.82, 2.24) is 4.57 Å². The number of pyridine rings is 1. The monoisotopic (exact) mass is 340 g/mol. The van der Waals surface area contributed by atoms with Gasteiger partial charge in [-0.05, 0) is 49.1 Å². The molecule has 1 heterocycles. The van der Waals surface area contributed by atoms with Gasteiger partial charge in [0.25, 0.3) is 5.56 Å². The Labute approximate surface area is 144 Å². The van der Waals surface area contributed by atoms with Gasteiger partial charge in [0.2, 0.25) is 5.91 Å². The number of nitrogens with zero attached hydrogens (tertiary/aromatic N) is 1. The first-order valence-corrected chi connectivity index (χ1v) is 8.02. The molecular formula is C19H17ClN2O2. The van der Waals surface area contributed by atoms with E-state index >= 15 is 0 Å². The summed E-state index contributed by atoms with van der Waals surface area (Å²) in [6, 6.07) is 13.9. The van der Waals surface area contributed by atoms with Crippen molar-refractivity contribution in [3.63, 3.8) is 0 Å². The number of nitrogens with one attached hydrogen (secondary N) is 1. The maximum Gasteiger partial charge on any atom is 0.259 e. The number of rotatable bonds is 3. The second-order valence-electron chi connectivity index (χ2n) is 5.74. The van der Waals surface area contributed by atoms with Crippen molar-refractivity contribution in [2.24, 2.45) is 0 Å². The second-order valence-corrected chi connectivity index (χ2v) is 6.15. The molecule has 0 spiro atoms. The number of benzene rings is 2. The third-order valence-electron chi connectivity index (χ3n) is 4.08. The van der Waals surface area contributed by atoms with E-state index < -0.39 is 6.04 Å². The Kier molecular flexibility index (Phi) is 4.40. The van der Waals surface area contributed by atoms with E-state index in [1.807, 2.05) is 37.3 Å². The predicted molar refractivity (Wildman–Crippen MR) is 97.7 cm³/mol. The average Bonchev–Trinajstić information content (AvgIpc) is 2.58. The van der Waals surface area contributed by atoms with E-state index in [-0.39, 0.29) is 11.5 Å². The topological polar surface area (TPSA) is 51.1 Å². The molecule has 1 N–H and O–H groups in total. The first kappa shape index (κ1) is 16.3. The van der Waals surface area contributed by atoms with Gasteiger partial charge in [-0.3, -0.25) is 9.59 Å². The van der Waals surface area contributed by atoms with E-state index in [2.05, 4.69) is 5.32 Å². The number of carbonyl (C=O) groups excluding carboxylic acids is 1. The largest absolute Gasteiger partial charge is 0.324 e. The minimum atomic E-state index is -0.637. The number of aryl methyl sites for hydroxylation is 1. The van der Waals surface area contributed by atoms with Gasteiger partial charge in [-0.2, -0.15) is 0 Å². The molecular weight excluding hydrogens is 324 g/mol. The molecule has 0 fully saturated rings. The number of amides is 1. The molecule has 0 aliphatic heterocycles. The third-order valence-corrected chi connectivity index (χ3v) is 4.48. The molecule has 3 aromatic rings. The number of fused-ring (bicyclic) bond motifs is 1. The van der Waals surface area contributed by atoms with E-state index in [1.54, 1.807) is 31.3 Å². The molecule has 0 aliphatic carbocycles. The minimum Gasteiger partial charge on any atom is -0.324 e. The highest BCUT2D eigenvalue weighted by Crippen LogP contribution is 2.21. The van der Waals surface area contributed by atoms with Crippen LogP contribution < -0.4 is 10.9 Å². The van der Waals surface area contributed by atoms with Crippen molar-refractivity contribution in [3.8, 4) is 0 Å². The number of hydrogen-bond donors (Lipinski definition) is 1. The molecule has 1 unspecified atom stereocenters. The molecule has 1 atom stereocenters. The van der Waals surface area contributed by atoms with Gasteiger partial charge < -0.3 is 9.88 Å². The van der Waals surface area contributed by atoms with Gasteiger partial charge in [0.05, 0.1) is 0 Å². The van der Waals surface area contributed by atoms with Crippen LogP contribution in [0.25, 0.3) is 10.8 Å². The molecule has 2 aromatic carbocycles. The van der Waals surface area contributed by atoms with Gasteiger partial charge in [0.15, 0.2) is 0 Å².